The standard InChI is InChI=1S/C59H102O5/c1-4-7-10-13-16-19-22-25-27-29-31-33-36-39-42-45-48-51-54-62-55-57(64-59(61)53-50-47-44-41-38-34-24-21-18-15-12-9-6-3)56-63-58(60)52-49-46-43-40-37-35-32-30-28-26-23-20-17-14-11-8-5-2/h7-8,10-11,16-17,19-20,25-28,32,35,57H,4-6,9,12-15,18,21-24,29-31,33-34,36-56H2,1-3H3/b10-7-,11-8-,19-16-,20-17-,27-25-,28-26-,35-32-. The van der Waals surface area contributed by atoms with Crippen LogP contribution in [0.1, 0.15) is 252 Å². The molecule has 0 aromatic heterocycles. The van der Waals surface area contributed by atoms with E-state index in [-0.39, 0.29) is 25.2 Å². The molecule has 64 heavy (non-hydrogen) atoms. The number of esters is 2. The fourth-order valence-electron chi connectivity index (χ4n) is 7.46. The normalized spacial score (nSPS) is 12.9. The van der Waals surface area contributed by atoms with E-state index in [9.17, 15) is 9.59 Å². The van der Waals surface area contributed by atoms with Gasteiger partial charge in [-0.2, -0.15) is 0 Å². The third-order valence-corrected chi connectivity index (χ3v) is 11.4. The van der Waals surface area contributed by atoms with Crippen LogP contribution in [-0.4, -0.2) is 37.9 Å². The Balaban J connectivity index is 4.31. The lowest BCUT2D eigenvalue weighted by atomic mass is 10.0. The van der Waals surface area contributed by atoms with Crippen molar-refractivity contribution in [3.05, 3.63) is 85.1 Å². The van der Waals surface area contributed by atoms with Crippen molar-refractivity contribution in [2.75, 3.05) is 19.8 Å². The lowest BCUT2D eigenvalue weighted by Crippen LogP contribution is -2.30. The molecule has 0 rings (SSSR count). The van der Waals surface area contributed by atoms with Crippen molar-refractivity contribution in [3.63, 3.8) is 0 Å². The highest BCUT2D eigenvalue weighted by Gasteiger charge is 2.17. The molecule has 0 saturated heterocycles. The summed E-state index contributed by atoms with van der Waals surface area (Å²) in [6.07, 6.45) is 71.6. The fourth-order valence-corrected chi connectivity index (χ4v) is 7.46. The van der Waals surface area contributed by atoms with Crippen LogP contribution in [0.15, 0.2) is 85.1 Å². The SMILES string of the molecule is CC/C=C\C/C=C\C/C=C\C/C=C\CCCCCCC(=O)OCC(COCCCCCCCCCC/C=C\C/C=C\C/C=C\CC)OC(=O)CCCCCCCCCCCCCCC. The second kappa shape index (κ2) is 54.4. The molecule has 0 N–H and O–H groups in total. The molecular formula is C59H102O5. The second-order valence-electron chi connectivity index (χ2n) is 17.7. The predicted octanol–water partition coefficient (Wildman–Crippen LogP) is 18.5. The molecule has 0 aromatic carbocycles. The van der Waals surface area contributed by atoms with Gasteiger partial charge in [-0.15, -0.1) is 0 Å². The molecule has 0 spiro atoms. The third kappa shape index (κ3) is 51.7. The molecule has 0 radical (unpaired) electrons. The van der Waals surface area contributed by atoms with Crippen molar-refractivity contribution in [3.8, 4) is 0 Å². The van der Waals surface area contributed by atoms with Gasteiger partial charge in [0.2, 0.25) is 0 Å². The molecule has 0 aliphatic heterocycles. The van der Waals surface area contributed by atoms with E-state index in [0.717, 1.165) is 103 Å². The molecule has 0 fully saturated rings. The first-order valence-electron chi connectivity index (χ1n) is 27.1. The summed E-state index contributed by atoms with van der Waals surface area (Å²) in [5.74, 6) is -0.424. The van der Waals surface area contributed by atoms with E-state index in [1.54, 1.807) is 0 Å². The Morgan fingerprint density at radius 2 is 0.703 bits per heavy atom. The minimum Gasteiger partial charge on any atom is -0.462 e. The molecule has 0 aliphatic carbocycles. The zero-order valence-electron chi connectivity index (χ0n) is 42.3. The van der Waals surface area contributed by atoms with Gasteiger partial charge < -0.3 is 14.2 Å². The summed E-state index contributed by atoms with van der Waals surface area (Å²) in [6.45, 7) is 7.58. The summed E-state index contributed by atoms with van der Waals surface area (Å²) < 4.78 is 17.4. The first-order chi connectivity index (χ1) is 31.6. The Bertz CT molecular complexity index is 1190. The molecule has 1 unspecified atom stereocenters. The van der Waals surface area contributed by atoms with Crippen molar-refractivity contribution in [1.29, 1.82) is 0 Å². The van der Waals surface area contributed by atoms with Crippen LogP contribution in [0.3, 0.4) is 0 Å². The molecule has 0 saturated carbocycles. The van der Waals surface area contributed by atoms with Gasteiger partial charge in [-0.3, -0.25) is 9.59 Å². The zero-order valence-corrected chi connectivity index (χ0v) is 42.3. The van der Waals surface area contributed by atoms with Gasteiger partial charge in [-0.1, -0.05) is 234 Å². The van der Waals surface area contributed by atoms with Crippen LogP contribution in [0.25, 0.3) is 0 Å². The maximum absolute atomic E-state index is 12.8. The van der Waals surface area contributed by atoms with Crippen molar-refractivity contribution < 1.29 is 23.8 Å². The van der Waals surface area contributed by atoms with Crippen LogP contribution in [0.5, 0.6) is 0 Å². The molecule has 0 amide bonds. The minimum atomic E-state index is -0.552. The van der Waals surface area contributed by atoms with Gasteiger partial charge in [0.15, 0.2) is 6.10 Å². The van der Waals surface area contributed by atoms with E-state index < -0.39 is 6.10 Å². The van der Waals surface area contributed by atoms with Crippen LogP contribution >= 0.6 is 0 Å². The van der Waals surface area contributed by atoms with Crippen LogP contribution in [0, 0.1) is 0 Å². The second-order valence-corrected chi connectivity index (χ2v) is 17.7. The van der Waals surface area contributed by atoms with Gasteiger partial charge >= 0.3 is 11.9 Å². The quantitative estimate of drug-likeness (QED) is 0.0346. The van der Waals surface area contributed by atoms with Crippen molar-refractivity contribution in [2.45, 2.75) is 258 Å². The Labute approximate surface area is 397 Å². The summed E-state index contributed by atoms with van der Waals surface area (Å²) in [7, 11) is 0. The van der Waals surface area contributed by atoms with Gasteiger partial charge in [0.1, 0.15) is 6.61 Å². The molecule has 5 heteroatoms. The number of hydrogen-bond donors (Lipinski definition) is 0. The predicted molar refractivity (Wildman–Crippen MR) is 279 cm³/mol. The fraction of sp³-hybridized carbons (Fsp3) is 0.729. The average Bonchev–Trinajstić information content (AvgIpc) is 3.30. The van der Waals surface area contributed by atoms with Crippen LogP contribution in [-0.2, 0) is 23.8 Å². The number of unbranched alkanes of at least 4 members (excludes halogenated alkanes) is 24. The maximum atomic E-state index is 12.8. The Morgan fingerprint density at radius 1 is 0.359 bits per heavy atom. The van der Waals surface area contributed by atoms with E-state index in [4.69, 9.17) is 14.2 Å². The molecule has 0 aliphatic rings. The van der Waals surface area contributed by atoms with Crippen molar-refractivity contribution in [2.24, 2.45) is 0 Å². The molecule has 368 valence electrons. The summed E-state index contributed by atoms with van der Waals surface area (Å²) in [5, 5.41) is 0. The maximum Gasteiger partial charge on any atom is 0.306 e. The monoisotopic (exact) mass is 891 g/mol. The Morgan fingerprint density at radius 3 is 1.12 bits per heavy atom. The van der Waals surface area contributed by atoms with Gasteiger partial charge in [0.25, 0.3) is 0 Å². The summed E-state index contributed by atoms with van der Waals surface area (Å²) >= 11 is 0. The molecule has 1 atom stereocenters. The van der Waals surface area contributed by atoms with Crippen LogP contribution < -0.4 is 0 Å². The minimum absolute atomic E-state index is 0.0682. The number of carbonyl (C=O) groups is 2. The third-order valence-electron chi connectivity index (χ3n) is 11.4. The smallest absolute Gasteiger partial charge is 0.306 e. The van der Waals surface area contributed by atoms with E-state index in [2.05, 4.69) is 106 Å². The van der Waals surface area contributed by atoms with Gasteiger partial charge in [0.05, 0.1) is 6.61 Å². The Kier molecular flexibility index (Phi) is 51.9. The molecule has 0 bridgehead atoms. The summed E-state index contributed by atoms with van der Waals surface area (Å²) in [6, 6.07) is 0. The van der Waals surface area contributed by atoms with Crippen molar-refractivity contribution >= 4 is 11.9 Å². The number of allylic oxidation sites excluding steroid dienone is 14. The average molecular weight is 891 g/mol. The number of carbonyl (C=O) groups excluding carboxylic acids is 2. The lowest BCUT2D eigenvalue weighted by molar-refractivity contribution is -0.163. The van der Waals surface area contributed by atoms with Crippen LogP contribution in [0.2, 0.25) is 0 Å². The van der Waals surface area contributed by atoms with E-state index in [0.29, 0.717) is 19.4 Å². The topological polar surface area (TPSA) is 61.8 Å². The largest absolute Gasteiger partial charge is 0.462 e. The number of hydrogen-bond acceptors (Lipinski definition) is 5. The van der Waals surface area contributed by atoms with Gasteiger partial charge in [0, 0.05) is 19.4 Å². The molecular weight excluding hydrogens is 789 g/mol. The zero-order chi connectivity index (χ0) is 46.3. The lowest BCUT2D eigenvalue weighted by Gasteiger charge is -2.18. The highest BCUT2D eigenvalue weighted by Crippen LogP contribution is 2.15. The summed E-state index contributed by atoms with van der Waals surface area (Å²) in [4.78, 5) is 25.4. The van der Waals surface area contributed by atoms with Gasteiger partial charge in [-0.05, 0) is 89.9 Å². The Hall–Kier alpha value is -2.92. The highest BCUT2D eigenvalue weighted by atomic mass is 16.6. The first-order valence-corrected chi connectivity index (χ1v) is 27.1. The van der Waals surface area contributed by atoms with E-state index in [1.165, 1.54) is 116 Å². The van der Waals surface area contributed by atoms with E-state index >= 15 is 0 Å². The summed E-state index contributed by atoms with van der Waals surface area (Å²) in [5.41, 5.74) is 0. The molecule has 5 nitrogen and oxygen atoms in total. The highest BCUT2D eigenvalue weighted by molar-refractivity contribution is 5.70. The number of ether oxygens (including phenoxy) is 3. The molecule has 0 aromatic rings. The van der Waals surface area contributed by atoms with Crippen LogP contribution in [0.4, 0.5) is 0 Å². The van der Waals surface area contributed by atoms with Gasteiger partial charge in [-0.25, -0.2) is 0 Å². The van der Waals surface area contributed by atoms with Crippen molar-refractivity contribution in [1.82, 2.24) is 0 Å². The van der Waals surface area contributed by atoms with E-state index in [1.807, 2.05) is 0 Å². The molecule has 0 heterocycles. The first kappa shape index (κ1) is 61.1. The number of rotatable bonds is 49.